The summed E-state index contributed by atoms with van der Waals surface area (Å²) in [5.41, 5.74) is -2.47. The van der Waals surface area contributed by atoms with Crippen LogP contribution in [0.25, 0.3) is 0 Å². The Bertz CT molecular complexity index is 1470. The minimum Gasteiger partial charge on any atom is -0.292 e. The van der Waals surface area contributed by atoms with Crippen LogP contribution < -0.4 is 0 Å². The molecule has 1 aliphatic rings. The smallest absolute Gasteiger partial charge is 0.287 e. The van der Waals surface area contributed by atoms with Crippen molar-refractivity contribution in [1.82, 2.24) is 10.0 Å². The number of amides is 3. The number of hydrogen-bond acceptors (Lipinski definition) is 8. The number of nitro benzene ring substituents is 2. The number of nitrogens with zero attached hydrogens (tertiary/aromatic N) is 4. The maximum atomic E-state index is 13.4. The van der Waals surface area contributed by atoms with Crippen LogP contribution in [0.3, 0.4) is 0 Å². The Balaban J connectivity index is 1.80. The van der Waals surface area contributed by atoms with Crippen LogP contribution in [0.2, 0.25) is 0 Å². The van der Waals surface area contributed by atoms with Gasteiger partial charge in [0.15, 0.2) is 5.78 Å². The fourth-order valence-corrected chi connectivity index (χ4v) is 3.62. The number of Topliss-reactive ketones (excluding diaryl/α,β-unsaturated/α-hetero) is 1. The first kappa shape index (κ1) is 23.8. The Morgan fingerprint density at radius 2 is 1.53 bits per heavy atom. The molecule has 180 valence electrons. The molecule has 36 heavy (non-hydrogen) atoms. The maximum absolute atomic E-state index is 13.4. The van der Waals surface area contributed by atoms with E-state index in [1.165, 1.54) is 18.2 Å². The van der Waals surface area contributed by atoms with Crippen LogP contribution in [0.5, 0.6) is 0 Å². The number of halogens is 1. The number of non-ortho nitro benzene ring substituents is 1. The van der Waals surface area contributed by atoms with Crippen molar-refractivity contribution in [3.63, 3.8) is 0 Å². The summed E-state index contributed by atoms with van der Waals surface area (Å²) in [6.45, 7) is -0.910. The molecule has 12 nitrogen and oxygen atoms in total. The summed E-state index contributed by atoms with van der Waals surface area (Å²) in [4.78, 5) is 73.6. The molecule has 0 radical (unpaired) electrons. The Labute approximate surface area is 200 Å². The summed E-state index contributed by atoms with van der Waals surface area (Å²) in [5.74, 6) is -4.91. The number of rotatable bonds is 7. The number of hydrogen-bond donors (Lipinski definition) is 0. The number of hydrazine groups is 1. The Morgan fingerprint density at radius 3 is 2.17 bits per heavy atom. The normalized spacial score (nSPS) is 12.3. The van der Waals surface area contributed by atoms with Crippen LogP contribution in [-0.4, -0.2) is 49.9 Å². The highest BCUT2D eigenvalue weighted by molar-refractivity contribution is 6.24. The maximum Gasteiger partial charge on any atom is 0.287 e. The second-order valence-corrected chi connectivity index (χ2v) is 7.48. The predicted molar refractivity (Wildman–Crippen MR) is 118 cm³/mol. The zero-order valence-electron chi connectivity index (χ0n) is 18.0. The van der Waals surface area contributed by atoms with Crippen LogP contribution in [0, 0.1) is 26.0 Å². The van der Waals surface area contributed by atoms with Gasteiger partial charge in [0, 0.05) is 29.3 Å². The second-order valence-electron chi connectivity index (χ2n) is 7.48. The predicted octanol–water partition coefficient (Wildman–Crippen LogP) is 3.18. The number of imide groups is 1. The topological polar surface area (TPSA) is 161 Å². The van der Waals surface area contributed by atoms with Crippen molar-refractivity contribution in [3.8, 4) is 0 Å². The summed E-state index contributed by atoms with van der Waals surface area (Å²) in [7, 11) is 0. The van der Waals surface area contributed by atoms with E-state index in [0.717, 1.165) is 48.5 Å². The summed E-state index contributed by atoms with van der Waals surface area (Å²) in [5, 5.41) is 23.3. The quantitative estimate of drug-likeness (QED) is 0.210. The molecule has 0 aliphatic carbocycles. The Kier molecular flexibility index (Phi) is 6.04. The van der Waals surface area contributed by atoms with E-state index in [2.05, 4.69) is 0 Å². The van der Waals surface area contributed by atoms with Crippen molar-refractivity contribution >= 4 is 34.9 Å². The molecule has 0 aromatic heterocycles. The molecular weight excluding hydrogens is 479 g/mol. The van der Waals surface area contributed by atoms with E-state index >= 15 is 0 Å². The molecule has 0 atom stereocenters. The van der Waals surface area contributed by atoms with Gasteiger partial charge in [0.1, 0.15) is 17.9 Å². The average Bonchev–Trinajstić information content (AvgIpc) is 3.12. The van der Waals surface area contributed by atoms with Gasteiger partial charge in [-0.2, -0.15) is 5.01 Å². The molecule has 3 amide bonds. The summed E-state index contributed by atoms with van der Waals surface area (Å²) >= 11 is 0. The van der Waals surface area contributed by atoms with E-state index in [-0.39, 0.29) is 16.7 Å². The van der Waals surface area contributed by atoms with Gasteiger partial charge in [0.25, 0.3) is 29.1 Å². The molecule has 13 heteroatoms. The number of benzene rings is 3. The highest BCUT2D eigenvalue weighted by Gasteiger charge is 2.46. The molecule has 3 aromatic rings. The summed E-state index contributed by atoms with van der Waals surface area (Å²) < 4.78 is 13.3. The number of fused-ring (bicyclic) bond motifs is 1. The van der Waals surface area contributed by atoms with E-state index in [9.17, 15) is 43.8 Å². The highest BCUT2D eigenvalue weighted by Crippen LogP contribution is 2.32. The zero-order valence-corrected chi connectivity index (χ0v) is 18.0. The number of nitro groups is 2. The van der Waals surface area contributed by atoms with Crippen molar-refractivity contribution in [2.75, 3.05) is 6.54 Å². The van der Waals surface area contributed by atoms with Crippen LogP contribution in [0.1, 0.15) is 41.4 Å². The van der Waals surface area contributed by atoms with E-state index in [1.54, 1.807) is 0 Å². The molecule has 0 N–H and O–H groups in total. The molecule has 0 spiro atoms. The lowest BCUT2D eigenvalue weighted by Crippen LogP contribution is -2.51. The third kappa shape index (κ3) is 4.16. The Hall–Kier alpha value is -5.33. The lowest BCUT2D eigenvalue weighted by Gasteiger charge is -2.29. The van der Waals surface area contributed by atoms with Crippen LogP contribution in [0.4, 0.5) is 15.8 Å². The van der Waals surface area contributed by atoms with Gasteiger partial charge >= 0.3 is 0 Å². The van der Waals surface area contributed by atoms with E-state index in [1.807, 2.05) is 0 Å². The molecule has 1 aliphatic heterocycles. The zero-order chi connectivity index (χ0) is 26.1. The first-order valence-electron chi connectivity index (χ1n) is 10.1. The van der Waals surface area contributed by atoms with Gasteiger partial charge in [-0.15, -0.1) is 0 Å². The molecule has 4 rings (SSSR count). The number of ketones is 1. The fraction of sp³-hybridized carbons (Fsp3) is 0.0435. The molecular formula is C23H13FN4O8. The minimum absolute atomic E-state index is 0.0594. The number of carbonyl (C=O) groups excluding carboxylic acids is 4. The summed E-state index contributed by atoms with van der Waals surface area (Å²) in [6.07, 6.45) is 0. The molecule has 0 bridgehead atoms. The lowest BCUT2D eigenvalue weighted by atomic mass is 10.1. The second kappa shape index (κ2) is 9.13. The van der Waals surface area contributed by atoms with Crippen molar-refractivity contribution in [2.24, 2.45) is 0 Å². The molecule has 0 saturated heterocycles. The molecule has 3 aromatic carbocycles. The van der Waals surface area contributed by atoms with E-state index in [0.29, 0.717) is 10.0 Å². The van der Waals surface area contributed by atoms with Crippen molar-refractivity contribution in [2.45, 2.75) is 0 Å². The number of carbonyl (C=O) groups is 4. The van der Waals surface area contributed by atoms with Crippen LogP contribution in [-0.2, 0) is 0 Å². The molecule has 0 unspecified atom stereocenters. The summed E-state index contributed by atoms with van der Waals surface area (Å²) in [6, 6.07) is 11.9. The van der Waals surface area contributed by atoms with Gasteiger partial charge < -0.3 is 0 Å². The van der Waals surface area contributed by atoms with Crippen molar-refractivity contribution < 1.29 is 33.4 Å². The highest BCUT2D eigenvalue weighted by atomic mass is 19.1. The minimum atomic E-state index is -1.23. The van der Waals surface area contributed by atoms with Crippen LogP contribution in [0.15, 0.2) is 66.7 Å². The first-order chi connectivity index (χ1) is 17.1. The van der Waals surface area contributed by atoms with Crippen LogP contribution >= 0.6 is 0 Å². The third-order valence-electron chi connectivity index (χ3n) is 5.31. The van der Waals surface area contributed by atoms with Gasteiger partial charge in [0.2, 0.25) is 0 Å². The van der Waals surface area contributed by atoms with Crippen molar-refractivity contribution in [3.05, 3.63) is 115 Å². The van der Waals surface area contributed by atoms with Gasteiger partial charge in [-0.25, -0.2) is 9.40 Å². The standard InChI is InChI=1S/C23H13FN4O8/c24-15-9-7-13(8-10-15)19(29)12-25(21(30)14-3-1-4-16(11-14)27(33)34)26-22(31)17-5-2-6-18(28(35)36)20(17)23(26)32/h1-11H,12H2. The molecule has 0 fully saturated rings. The lowest BCUT2D eigenvalue weighted by molar-refractivity contribution is -0.385. The van der Waals surface area contributed by atoms with Gasteiger partial charge in [-0.1, -0.05) is 12.1 Å². The third-order valence-corrected chi connectivity index (χ3v) is 5.31. The SMILES string of the molecule is O=C(CN(C(=O)c1cccc([N+](=O)[O-])c1)N1C(=O)c2cccc([N+](=O)[O-])c2C1=O)c1ccc(F)cc1. The molecule has 1 heterocycles. The average molecular weight is 492 g/mol. The largest absolute Gasteiger partial charge is 0.292 e. The van der Waals surface area contributed by atoms with Crippen molar-refractivity contribution in [1.29, 1.82) is 0 Å². The Morgan fingerprint density at radius 1 is 0.861 bits per heavy atom. The van der Waals surface area contributed by atoms with E-state index < -0.39 is 62.7 Å². The molecule has 0 saturated carbocycles. The fourth-order valence-electron chi connectivity index (χ4n) is 3.62. The monoisotopic (exact) mass is 492 g/mol. The van der Waals surface area contributed by atoms with Gasteiger partial charge in [0.05, 0.1) is 15.4 Å². The van der Waals surface area contributed by atoms with Gasteiger partial charge in [-0.05, 0) is 36.4 Å². The van der Waals surface area contributed by atoms with E-state index in [4.69, 9.17) is 0 Å². The first-order valence-corrected chi connectivity index (χ1v) is 10.1. The van der Waals surface area contributed by atoms with Gasteiger partial charge in [-0.3, -0.25) is 39.4 Å².